The van der Waals surface area contributed by atoms with Crippen LogP contribution in [0.3, 0.4) is 0 Å². The molecule has 0 bridgehead atoms. The minimum Gasteiger partial charge on any atom is -0.480 e. The summed E-state index contributed by atoms with van der Waals surface area (Å²) in [7, 11) is 0. The number of rotatable bonds is 10. The maximum Gasteiger partial charge on any atom is 0.416 e. The number of nitrogens with zero attached hydrogens (tertiary/aromatic N) is 1. The van der Waals surface area contributed by atoms with Gasteiger partial charge in [-0.2, -0.15) is 13.2 Å². The molecule has 0 spiro atoms. The molecule has 1 amide bonds. The molecule has 0 aliphatic carbocycles. The van der Waals surface area contributed by atoms with Crippen LogP contribution >= 0.6 is 0 Å². The van der Waals surface area contributed by atoms with Crippen LogP contribution < -0.4 is 5.32 Å². The predicted octanol–water partition coefficient (Wildman–Crippen LogP) is 7.09. The second kappa shape index (κ2) is 12.7. The monoisotopic (exact) mass is 586 g/mol. The lowest BCUT2D eigenvalue weighted by Crippen LogP contribution is -2.44. The van der Waals surface area contributed by atoms with Gasteiger partial charge in [-0.3, -0.25) is 4.79 Å². The van der Waals surface area contributed by atoms with Crippen molar-refractivity contribution in [2.24, 2.45) is 0 Å². The van der Waals surface area contributed by atoms with Crippen LogP contribution in [0.15, 0.2) is 114 Å². The summed E-state index contributed by atoms with van der Waals surface area (Å²) in [5.41, 5.74) is 2.29. The van der Waals surface area contributed by atoms with Gasteiger partial charge >= 0.3 is 12.1 Å². The van der Waals surface area contributed by atoms with E-state index < -0.39 is 29.7 Å². The standard InChI is InChI=1S/C33H25F3N2O5/c34-33(35,36)26-17-15-25(16-18-26)31-38-28(29(43-31)24-13-11-23(12-14-24)22-9-5-2-6-10-22)30(39)37-27(32(40)41)20-42-19-21-7-3-1-4-8-21/h1-18,27H,19-20H2,(H,37,39)(H,40,41)/t27-/m1/s1. The van der Waals surface area contributed by atoms with Crippen molar-refractivity contribution < 1.29 is 37.0 Å². The van der Waals surface area contributed by atoms with E-state index in [1.165, 1.54) is 12.1 Å². The fourth-order valence-electron chi connectivity index (χ4n) is 4.31. The molecule has 7 nitrogen and oxygen atoms in total. The van der Waals surface area contributed by atoms with Crippen molar-refractivity contribution in [1.29, 1.82) is 0 Å². The average molecular weight is 587 g/mol. The molecule has 0 aliphatic heterocycles. The third-order valence-electron chi connectivity index (χ3n) is 6.56. The number of hydrogen-bond acceptors (Lipinski definition) is 5. The number of benzene rings is 4. The number of ether oxygens (including phenoxy) is 1. The van der Waals surface area contributed by atoms with Crippen LogP contribution in [0.25, 0.3) is 33.9 Å². The first-order valence-corrected chi connectivity index (χ1v) is 13.2. The molecule has 1 atom stereocenters. The molecule has 0 saturated heterocycles. The molecule has 218 valence electrons. The molecule has 4 aromatic carbocycles. The predicted molar refractivity (Wildman–Crippen MR) is 153 cm³/mol. The van der Waals surface area contributed by atoms with Crippen LogP contribution in [-0.2, 0) is 22.3 Å². The zero-order valence-corrected chi connectivity index (χ0v) is 22.5. The molecule has 5 rings (SSSR count). The molecule has 0 aliphatic rings. The second-order valence-corrected chi connectivity index (χ2v) is 9.58. The molecule has 0 radical (unpaired) electrons. The quantitative estimate of drug-likeness (QED) is 0.181. The van der Waals surface area contributed by atoms with Gasteiger partial charge in [0.2, 0.25) is 5.89 Å². The first kappa shape index (κ1) is 29.3. The van der Waals surface area contributed by atoms with Crippen LogP contribution in [0.4, 0.5) is 13.2 Å². The van der Waals surface area contributed by atoms with E-state index in [1.807, 2.05) is 72.8 Å². The Kier molecular flexibility index (Phi) is 8.68. The zero-order valence-electron chi connectivity index (χ0n) is 22.5. The first-order chi connectivity index (χ1) is 20.7. The van der Waals surface area contributed by atoms with E-state index in [4.69, 9.17) is 9.15 Å². The van der Waals surface area contributed by atoms with E-state index in [2.05, 4.69) is 10.3 Å². The van der Waals surface area contributed by atoms with E-state index in [0.29, 0.717) is 5.56 Å². The number of hydrogen-bond donors (Lipinski definition) is 2. The molecule has 2 N–H and O–H groups in total. The minimum atomic E-state index is -4.53. The van der Waals surface area contributed by atoms with E-state index >= 15 is 0 Å². The third-order valence-corrected chi connectivity index (χ3v) is 6.56. The summed E-state index contributed by atoms with van der Waals surface area (Å²) >= 11 is 0. The van der Waals surface area contributed by atoms with Gasteiger partial charge in [-0.05, 0) is 41.0 Å². The smallest absolute Gasteiger partial charge is 0.416 e. The Labute approximate surface area is 244 Å². The van der Waals surface area contributed by atoms with Crippen LogP contribution in [0, 0.1) is 0 Å². The van der Waals surface area contributed by atoms with Gasteiger partial charge in [-0.25, -0.2) is 9.78 Å². The highest BCUT2D eigenvalue weighted by Crippen LogP contribution is 2.34. The average Bonchev–Trinajstić information content (AvgIpc) is 3.47. The molecule has 1 aromatic heterocycles. The second-order valence-electron chi connectivity index (χ2n) is 9.58. The zero-order chi connectivity index (χ0) is 30.4. The van der Waals surface area contributed by atoms with Crippen molar-refractivity contribution in [2.45, 2.75) is 18.8 Å². The number of carbonyl (C=O) groups excluding carboxylic acids is 1. The van der Waals surface area contributed by atoms with Crippen LogP contribution in [0.2, 0.25) is 0 Å². The number of nitrogens with one attached hydrogen (secondary N) is 1. The van der Waals surface area contributed by atoms with Crippen molar-refractivity contribution in [3.05, 3.63) is 126 Å². The molecule has 10 heteroatoms. The van der Waals surface area contributed by atoms with E-state index in [0.717, 1.165) is 28.8 Å². The van der Waals surface area contributed by atoms with E-state index in [1.54, 1.807) is 12.1 Å². The maximum atomic E-state index is 13.4. The Balaban J connectivity index is 1.43. The lowest BCUT2D eigenvalue weighted by molar-refractivity contribution is -0.141. The summed E-state index contributed by atoms with van der Waals surface area (Å²) < 4.78 is 50.7. The van der Waals surface area contributed by atoms with Gasteiger partial charge in [0.15, 0.2) is 17.5 Å². The molecular weight excluding hydrogens is 561 g/mol. The van der Waals surface area contributed by atoms with Gasteiger partial charge in [0, 0.05) is 11.1 Å². The Morgan fingerprint density at radius 1 is 0.791 bits per heavy atom. The van der Waals surface area contributed by atoms with Gasteiger partial charge in [0.1, 0.15) is 0 Å². The first-order valence-electron chi connectivity index (χ1n) is 13.2. The number of amides is 1. The van der Waals surface area contributed by atoms with Gasteiger partial charge < -0.3 is 19.6 Å². The topological polar surface area (TPSA) is 102 Å². The van der Waals surface area contributed by atoms with Gasteiger partial charge in [-0.1, -0.05) is 84.9 Å². The fraction of sp³-hybridized carbons (Fsp3) is 0.121. The number of halogens is 3. The van der Waals surface area contributed by atoms with Crippen molar-refractivity contribution >= 4 is 11.9 Å². The molecule has 0 saturated carbocycles. The highest BCUT2D eigenvalue weighted by Gasteiger charge is 2.31. The Morgan fingerprint density at radius 3 is 1.95 bits per heavy atom. The number of aromatic nitrogens is 1. The van der Waals surface area contributed by atoms with Crippen LogP contribution in [-0.4, -0.2) is 34.6 Å². The molecule has 43 heavy (non-hydrogen) atoms. The summed E-state index contributed by atoms with van der Waals surface area (Å²) in [6.45, 7) is -0.178. The maximum absolute atomic E-state index is 13.4. The largest absolute Gasteiger partial charge is 0.480 e. The Morgan fingerprint density at radius 2 is 1.35 bits per heavy atom. The van der Waals surface area contributed by atoms with E-state index in [9.17, 15) is 27.9 Å². The highest BCUT2D eigenvalue weighted by atomic mass is 19.4. The number of carboxylic acid groups (broad SMARTS) is 1. The number of aliphatic carboxylic acids is 1. The molecule has 0 fully saturated rings. The van der Waals surface area contributed by atoms with Crippen molar-refractivity contribution in [2.75, 3.05) is 6.61 Å². The minimum absolute atomic E-state index is 0.0290. The van der Waals surface area contributed by atoms with Crippen LogP contribution in [0.5, 0.6) is 0 Å². The lowest BCUT2D eigenvalue weighted by atomic mass is 10.0. The normalized spacial score (nSPS) is 12.1. The van der Waals surface area contributed by atoms with Crippen LogP contribution in [0.1, 0.15) is 21.6 Å². The van der Waals surface area contributed by atoms with Gasteiger partial charge in [-0.15, -0.1) is 0 Å². The van der Waals surface area contributed by atoms with Crippen molar-refractivity contribution in [1.82, 2.24) is 10.3 Å². The van der Waals surface area contributed by atoms with Crippen molar-refractivity contribution in [3.8, 4) is 33.9 Å². The van der Waals surface area contributed by atoms with Gasteiger partial charge in [0.05, 0.1) is 18.8 Å². The molecule has 1 heterocycles. The Bertz CT molecular complexity index is 1690. The van der Waals surface area contributed by atoms with E-state index in [-0.39, 0.29) is 36.1 Å². The SMILES string of the molecule is O=C(N[C@H](COCc1ccccc1)C(=O)O)c1nc(-c2ccc(C(F)(F)F)cc2)oc1-c1ccc(-c2ccccc2)cc1. The Hall–Kier alpha value is -5.22. The number of carboxylic acids is 1. The highest BCUT2D eigenvalue weighted by molar-refractivity contribution is 6.00. The molecule has 0 unspecified atom stereocenters. The fourth-order valence-corrected chi connectivity index (χ4v) is 4.31. The summed E-state index contributed by atoms with van der Waals surface area (Å²) in [4.78, 5) is 29.6. The number of carbonyl (C=O) groups is 2. The molecule has 5 aromatic rings. The number of alkyl halides is 3. The third kappa shape index (κ3) is 7.17. The molecular formula is C33H25F3N2O5. The summed E-state index contributed by atoms with van der Waals surface area (Å²) in [5.74, 6) is -2.24. The summed E-state index contributed by atoms with van der Waals surface area (Å²) in [5, 5.41) is 12.2. The summed E-state index contributed by atoms with van der Waals surface area (Å²) in [6.07, 6.45) is -4.53. The van der Waals surface area contributed by atoms with Gasteiger partial charge in [0.25, 0.3) is 5.91 Å². The number of oxazole rings is 1. The lowest BCUT2D eigenvalue weighted by Gasteiger charge is -2.14. The summed E-state index contributed by atoms with van der Waals surface area (Å²) in [6, 6.07) is 28.5. The van der Waals surface area contributed by atoms with Crippen molar-refractivity contribution in [3.63, 3.8) is 0 Å².